The molecule has 0 aliphatic rings. The van der Waals surface area contributed by atoms with Crippen LogP contribution in [0.15, 0.2) is 22.7 Å². The molecule has 0 fully saturated rings. The van der Waals surface area contributed by atoms with Crippen LogP contribution < -0.4 is 5.32 Å². The molecule has 13 heavy (non-hydrogen) atoms. The van der Waals surface area contributed by atoms with E-state index < -0.39 is 0 Å². The second-order valence-corrected chi connectivity index (χ2v) is 3.48. The summed E-state index contributed by atoms with van der Waals surface area (Å²) in [6.07, 6.45) is 0. The zero-order valence-corrected chi connectivity index (χ0v) is 8.67. The predicted octanol–water partition coefficient (Wildman–Crippen LogP) is 2.08. The van der Waals surface area contributed by atoms with Crippen LogP contribution in [0.2, 0.25) is 0 Å². The Morgan fingerprint density at radius 3 is 2.85 bits per heavy atom. The van der Waals surface area contributed by atoms with E-state index in [-0.39, 0.29) is 10.6 Å². The summed E-state index contributed by atoms with van der Waals surface area (Å²) in [5.41, 5.74) is 0.833. The van der Waals surface area contributed by atoms with Crippen LogP contribution in [-0.4, -0.2) is 12.0 Å². The number of nitrogens with zero attached hydrogens (tertiary/aromatic N) is 1. The van der Waals surface area contributed by atoms with E-state index in [0.717, 1.165) is 4.47 Å². The number of nitro benzene ring substituents is 1. The Morgan fingerprint density at radius 1 is 1.62 bits per heavy atom. The maximum absolute atomic E-state index is 10.6. The molecule has 0 amide bonds. The molecule has 1 rings (SSSR count). The first-order chi connectivity index (χ1) is 6.15. The molecule has 0 radical (unpaired) electrons. The average Bonchev–Trinajstić information content (AvgIpc) is 2.08. The number of nitrogens with one attached hydrogen (secondary N) is 1. The number of hydrogen-bond donors (Lipinski definition) is 1. The van der Waals surface area contributed by atoms with Gasteiger partial charge in [-0.25, -0.2) is 0 Å². The van der Waals surface area contributed by atoms with E-state index in [1.54, 1.807) is 19.2 Å². The van der Waals surface area contributed by atoms with Gasteiger partial charge in [-0.2, -0.15) is 0 Å². The molecule has 0 unspecified atom stereocenters. The lowest BCUT2D eigenvalue weighted by molar-refractivity contribution is -0.385. The van der Waals surface area contributed by atoms with E-state index in [1.807, 2.05) is 0 Å². The third-order valence-electron chi connectivity index (χ3n) is 1.61. The molecule has 0 aromatic heterocycles. The van der Waals surface area contributed by atoms with Crippen molar-refractivity contribution in [2.45, 2.75) is 6.54 Å². The van der Waals surface area contributed by atoms with Crippen molar-refractivity contribution in [1.82, 2.24) is 5.32 Å². The van der Waals surface area contributed by atoms with E-state index in [4.69, 9.17) is 0 Å². The van der Waals surface area contributed by atoms with Crippen LogP contribution in [0.1, 0.15) is 5.56 Å². The van der Waals surface area contributed by atoms with Crippen molar-refractivity contribution in [3.05, 3.63) is 38.3 Å². The molecular formula is C8H9BrN2O2. The minimum absolute atomic E-state index is 0.142. The van der Waals surface area contributed by atoms with Crippen molar-refractivity contribution in [3.63, 3.8) is 0 Å². The van der Waals surface area contributed by atoms with E-state index in [1.165, 1.54) is 6.07 Å². The summed E-state index contributed by atoms with van der Waals surface area (Å²) in [6, 6.07) is 5.03. The zero-order chi connectivity index (χ0) is 9.84. The third kappa shape index (κ3) is 2.50. The summed E-state index contributed by atoms with van der Waals surface area (Å²) in [5.74, 6) is 0. The lowest BCUT2D eigenvalue weighted by atomic mass is 10.2. The minimum Gasteiger partial charge on any atom is -0.315 e. The van der Waals surface area contributed by atoms with Crippen LogP contribution in [0, 0.1) is 10.1 Å². The highest BCUT2D eigenvalue weighted by Crippen LogP contribution is 2.23. The third-order valence-corrected chi connectivity index (χ3v) is 2.10. The van der Waals surface area contributed by atoms with E-state index in [2.05, 4.69) is 21.2 Å². The molecule has 4 nitrogen and oxygen atoms in total. The van der Waals surface area contributed by atoms with Crippen molar-refractivity contribution < 1.29 is 4.92 Å². The summed E-state index contributed by atoms with van der Waals surface area (Å²) < 4.78 is 0.721. The first-order valence-electron chi connectivity index (χ1n) is 3.72. The van der Waals surface area contributed by atoms with Crippen LogP contribution in [0.25, 0.3) is 0 Å². The monoisotopic (exact) mass is 244 g/mol. The topological polar surface area (TPSA) is 55.2 Å². The van der Waals surface area contributed by atoms with Crippen LogP contribution in [0.3, 0.4) is 0 Å². The summed E-state index contributed by atoms with van der Waals surface area (Å²) in [5, 5.41) is 13.5. The lowest BCUT2D eigenvalue weighted by Crippen LogP contribution is -2.07. The summed E-state index contributed by atoms with van der Waals surface area (Å²) in [4.78, 5) is 10.2. The van der Waals surface area contributed by atoms with E-state index in [0.29, 0.717) is 12.1 Å². The van der Waals surface area contributed by atoms with Gasteiger partial charge < -0.3 is 5.32 Å². The molecule has 0 saturated heterocycles. The normalized spacial score (nSPS) is 10.0. The minimum atomic E-state index is -0.378. The van der Waals surface area contributed by atoms with Gasteiger partial charge in [0.15, 0.2) is 0 Å². The Hall–Kier alpha value is -0.940. The van der Waals surface area contributed by atoms with Gasteiger partial charge in [-0.05, 0) is 19.2 Å². The maximum atomic E-state index is 10.6. The Morgan fingerprint density at radius 2 is 2.31 bits per heavy atom. The van der Waals surface area contributed by atoms with Gasteiger partial charge in [0.05, 0.1) is 4.92 Å². The fourth-order valence-corrected chi connectivity index (χ4v) is 1.40. The summed E-state index contributed by atoms with van der Waals surface area (Å²) >= 11 is 3.19. The Bertz CT molecular complexity index is 328. The standard InChI is InChI=1S/C8H9BrN2O2/c1-10-5-6-2-3-7(9)4-8(6)11(12)13/h2-4,10H,5H2,1H3. The number of rotatable bonds is 3. The van der Waals surface area contributed by atoms with Gasteiger partial charge in [-0.3, -0.25) is 10.1 Å². The second kappa shape index (κ2) is 4.34. The first-order valence-corrected chi connectivity index (χ1v) is 4.52. The van der Waals surface area contributed by atoms with Crippen LogP contribution in [0.4, 0.5) is 5.69 Å². The van der Waals surface area contributed by atoms with Gasteiger partial charge in [0.25, 0.3) is 5.69 Å². The van der Waals surface area contributed by atoms with Gasteiger partial charge in [-0.1, -0.05) is 15.9 Å². The number of benzene rings is 1. The molecule has 1 N–H and O–H groups in total. The van der Waals surface area contributed by atoms with E-state index >= 15 is 0 Å². The zero-order valence-electron chi connectivity index (χ0n) is 7.08. The SMILES string of the molecule is CNCc1ccc(Br)cc1[N+](=O)[O-]. The number of halogens is 1. The Labute approximate surface area is 84.2 Å². The number of hydrogen-bond acceptors (Lipinski definition) is 3. The smallest absolute Gasteiger partial charge is 0.275 e. The maximum Gasteiger partial charge on any atom is 0.275 e. The van der Waals surface area contributed by atoms with Crippen LogP contribution >= 0.6 is 15.9 Å². The van der Waals surface area contributed by atoms with Gasteiger partial charge in [0.2, 0.25) is 0 Å². The molecule has 0 aliphatic carbocycles. The van der Waals surface area contributed by atoms with Gasteiger partial charge in [-0.15, -0.1) is 0 Å². The molecule has 0 aliphatic heterocycles. The first kappa shape index (κ1) is 10.1. The van der Waals surface area contributed by atoms with Crippen LogP contribution in [-0.2, 0) is 6.54 Å². The summed E-state index contributed by atoms with van der Waals surface area (Å²) in [7, 11) is 1.76. The molecule has 1 aromatic rings. The highest BCUT2D eigenvalue weighted by Gasteiger charge is 2.12. The van der Waals surface area contributed by atoms with Crippen molar-refractivity contribution in [2.75, 3.05) is 7.05 Å². The van der Waals surface area contributed by atoms with Crippen molar-refractivity contribution in [2.24, 2.45) is 0 Å². The molecule has 1 aromatic carbocycles. The molecule has 0 heterocycles. The molecule has 70 valence electrons. The van der Waals surface area contributed by atoms with Gasteiger partial charge >= 0.3 is 0 Å². The summed E-state index contributed by atoms with van der Waals surface area (Å²) in [6.45, 7) is 0.504. The predicted molar refractivity (Wildman–Crippen MR) is 53.6 cm³/mol. The molecular weight excluding hydrogens is 236 g/mol. The Balaban J connectivity index is 3.10. The van der Waals surface area contributed by atoms with Gasteiger partial charge in [0, 0.05) is 22.6 Å². The molecule has 0 bridgehead atoms. The molecule has 0 saturated carbocycles. The molecule has 5 heteroatoms. The fraction of sp³-hybridized carbons (Fsp3) is 0.250. The quantitative estimate of drug-likeness (QED) is 0.655. The highest BCUT2D eigenvalue weighted by atomic mass is 79.9. The van der Waals surface area contributed by atoms with Crippen molar-refractivity contribution >= 4 is 21.6 Å². The number of nitro groups is 1. The molecule has 0 atom stereocenters. The van der Waals surface area contributed by atoms with E-state index in [9.17, 15) is 10.1 Å². The Kier molecular flexibility index (Phi) is 3.39. The second-order valence-electron chi connectivity index (χ2n) is 2.56. The molecule has 0 spiro atoms. The van der Waals surface area contributed by atoms with Crippen molar-refractivity contribution in [1.29, 1.82) is 0 Å². The lowest BCUT2D eigenvalue weighted by Gasteiger charge is -2.01. The fourth-order valence-electron chi connectivity index (χ4n) is 1.05. The van der Waals surface area contributed by atoms with Gasteiger partial charge in [0.1, 0.15) is 0 Å². The average molecular weight is 245 g/mol. The van der Waals surface area contributed by atoms with Crippen LogP contribution in [0.5, 0.6) is 0 Å². The highest BCUT2D eigenvalue weighted by molar-refractivity contribution is 9.10. The largest absolute Gasteiger partial charge is 0.315 e. The van der Waals surface area contributed by atoms with Crippen molar-refractivity contribution in [3.8, 4) is 0 Å².